The van der Waals surface area contributed by atoms with Gasteiger partial charge in [-0.1, -0.05) is 27.7 Å². The summed E-state index contributed by atoms with van der Waals surface area (Å²) in [6.45, 7) is 24.2. The topological polar surface area (TPSA) is 212 Å². The van der Waals surface area contributed by atoms with Crippen LogP contribution in [0.4, 0.5) is 0 Å². The second-order valence-electron chi connectivity index (χ2n) is 16.6. The predicted molar refractivity (Wildman–Crippen MR) is 235 cm³/mol. The molecule has 5 aliphatic rings. The van der Waals surface area contributed by atoms with Gasteiger partial charge in [-0.05, 0) is 148 Å². The van der Waals surface area contributed by atoms with Crippen LogP contribution in [0.25, 0.3) is 0 Å². The molecule has 4 bridgehead atoms. The van der Waals surface area contributed by atoms with Crippen LogP contribution >= 0.6 is 0 Å². The Hall–Kier alpha value is 0.280. The average molecular weight is 1950 g/mol. The van der Waals surface area contributed by atoms with Gasteiger partial charge in [-0.3, -0.25) is 4.79 Å². The summed E-state index contributed by atoms with van der Waals surface area (Å²) in [7, 11) is 0. The molecule has 5 fully saturated rings. The first-order valence-electron chi connectivity index (χ1n) is 21.0. The summed E-state index contributed by atoms with van der Waals surface area (Å²) in [4.78, 5) is 78.3. The largest absolute Gasteiger partial charge is 0.381 e. The molecule has 0 aromatic carbocycles. The first-order chi connectivity index (χ1) is 27.6. The fourth-order valence-electron chi connectivity index (χ4n) is 9.28. The van der Waals surface area contributed by atoms with Crippen molar-refractivity contribution in [2.75, 3.05) is 52.6 Å². The number of hydrogen-bond donors (Lipinski definition) is 5. The molecule has 384 valence electrons. The quantitative estimate of drug-likeness (QED) is 0.0773. The first-order valence-corrected chi connectivity index (χ1v) is 21.0. The van der Waals surface area contributed by atoms with Crippen molar-refractivity contribution in [1.82, 2.24) is 21.3 Å². The monoisotopic (exact) mass is 1950 g/mol. The van der Waals surface area contributed by atoms with E-state index >= 15 is 0 Å². The van der Waals surface area contributed by atoms with E-state index in [4.69, 9.17) is 15.2 Å². The molecule has 3 amide bonds. The predicted octanol–water partition coefficient (Wildman–Crippen LogP) is 3.99. The Labute approximate surface area is 484 Å². The zero-order valence-corrected chi connectivity index (χ0v) is 54.8. The van der Waals surface area contributed by atoms with Crippen LogP contribution in [0.15, 0.2) is 0 Å². The van der Waals surface area contributed by atoms with Crippen molar-refractivity contribution in [2.45, 2.75) is 117 Å². The van der Waals surface area contributed by atoms with E-state index < -0.39 is 11.9 Å². The molecular formula is C46H79N5O9W6-6. The van der Waals surface area contributed by atoms with Gasteiger partial charge in [0.1, 0.15) is 6.04 Å². The maximum Gasteiger partial charge on any atom is 0.242 e. The van der Waals surface area contributed by atoms with Crippen molar-refractivity contribution >= 4 is 40.9 Å². The Bertz CT molecular complexity index is 1270. The summed E-state index contributed by atoms with van der Waals surface area (Å²) in [5.41, 5.74) is 5.27. The third kappa shape index (κ3) is 37.1. The first kappa shape index (κ1) is 80.4. The van der Waals surface area contributed by atoms with Gasteiger partial charge in [0.15, 0.2) is 0 Å². The number of nitrogens with two attached hydrogens (primary N) is 1. The van der Waals surface area contributed by atoms with Gasteiger partial charge in [0, 0.05) is 152 Å². The second-order valence-corrected chi connectivity index (χ2v) is 16.6. The smallest absolute Gasteiger partial charge is 0.242 e. The Morgan fingerprint density at radius 2 is 1.05 bits per heavy atom. The minimum atomic E-state index is -0.704. The minimum absolute atomic E-state index is 0. The van der Waals surface area contributed by atoms with E-state index in [0.717, 1.165) is 19.4 Å². The number of piperidine rings is 2. The molecule has 6 N–H and O–H groups in total. The van der Waals surface area contributed by atoms with E-state index in [2.05, 4.69) is 62.8 Å². The number of amides is 3. The van der Waals surface area contributed by atoms with Gasteiger partial charge in [-0.2, -0.15) is 0 Å². The van der Waals surface area contributed by atoms with E-state index in [1.165, 1.54) is 38.5 Å². The number of carbonyl (C=O) groups is 7. The van der Waals surface area contributed by atoms with Gasteiger partial charge in [0.2, 0.25) is 5.91 Å². The van der Waals surface area contributed by atoms with Crippen LogP contribution in [0.2, 0.25) is 0 Å². The normalized spacial score (nSPS) is 23.0. The Balaban J connectivity index is -0.000000151. The standard InChI is InChI=1S/C16H24O2.C15H28N4O5.C13H19NO2.2CH4.6W/c1-11(17)5-15-7-13-3-4-14(8-15)10-16(9-13)6-12(2)18;1-12(20)17-6-3-4-14(19-13(2)21)15(22)18-7-9-24-11-10-23-8-5-16;1-8(15)3-10-6-13-11(4-9(2)16)5-12(10)7-14-13;;;;;;;;/h13-16H,1-10H2;14H,1-11,16H2,(H,17,20)(H,18,22)(H,19,21);10-14H,1-7H2;2*1H4;;;;;;/q3*-2;;;;;;;;. The number of rotatable bonds is 22. The third-order valence-electron chi connectivity index (χ3n) is 11.5. The number of Topliss-reactive ketones (excluding diaryl/α,β-unsaturated/α-hetero) is 4. The van der Waals surface area contributed by atoms with Gasteiger partial charge in [0.05, 0.1) is 38.2 Å². The molecular weight excluding hydrogens is 1870 g/mol. The maximum absolute atomic E-state index is 12.0. The summed E-state index contributed by atoms with van der Waals surface area (Å²) in [6, 6.07) is -0.301. The van der Waals surface area contributed by atoms with Crippen LogP contribution < -0.4 is 27.0 Å². The zero-order chi connectivity index (χ0) is 43.0. The second kappa shape index (κ2) is 46.4. The summed E-state index contributed by atoms with van der Waals surface area (Å²) >= 11 is 0. The fraction of sp³-hybridized carbons (Fsp3) is 0.717. The molecule has 2 aliphatic heterocycles. The molecule has 0 spiro atoms. The molecule has 3 aliphatic carbocycles. The SMILES string of the molecule is C.C.[CH2-]C(=O)CC1CC2CCC(C1)CC(CC([CH2-])=O)C2.[CH2-]C(=O)CC1CC2NCC1CC2CC([CH2-])=O.[CH2-]C(=O)NCCCC(NC([CH2-])=O)C(=O)NCCOCCOCCN.[W].[W].[W].[W].[W].[W]. The number of hydrogen-bond acceptors (Lipinski definition) is 11. The van der Waals surface area contributed by atoms with Crippen LogP contribution in [0.1, 0.15) is 105 Å². The van der Waals surface area contributed by atoms with E-state index in [0.29, 0.717) is 132 Å². The van der Waals surface area contributed by atoms with E-state index in [1.807, 2.05) is 0 Å². The Morgan fingerprint density at radius 3 is 1.45 bits per heavy atom. The molecule has 5 unspecified atom stereocenters. The van der Waals surface area contributed by atoms with Gasteiger partial charge in [0.25, 0.3) is 0 Å². The van der Waals surface area contributed by atoms with Crippen molar-refractivity contribution in [1.29, 1.82) is 0 Å². The van der Waals surface area contributed by atoms with Crippen LogP contribution in [0.5, 0.6) is 0 Å². The van der Waals surface area contributed by atoms with Crippen LogP contribution in [0, 0.1) is 83.0 Å². The van der Waals surface area contributed by atoms with Crippen molar-refractivity contribution in [2.24, 2.45) is 47.2 Å². The minimum Gasteiger partial charge on any atom is -0.381 e. The molecule has 66 heavy (non-hydrogen) atoms. The van der Waals surface area contributed by atoms with Gasteiger partial charge < -0.3 is 107 Å². The summed E-state index contributed by atoms with van der Waals surface area (Å²) < 4.78 is 10.4. The number of fused-ring (bicyclic) bond motifs is 6. The van der Waals surface area contributed by atoms with Crippen LogP contribution in [-0.4, -0.2) is 106 Å². The van der Waals surface area contributed by atoms with Crippen LogP contribution in [0.3, 0.4) is 0 Å². The molecule has 14 nitrogen and oxygen atoms in total. The number of carbonyl (C=O) groups excluding carboxylic acids is 7. The molecule has 2 saturated heterocycles. The Kier molecular flexibility index (Phi) is 56.5. The van der Waals surface area contributed by atoms with Gasteiger partial charge in [-0.15, -0.1) is 0 Å². The molecule has 5 rings (SSSR count). The van der Waals surface area contributed by atoms with Crippen molar-refractivity contribution in [3.05, 3.63) is 41.5 Å². The summed E-state index contributed by atoms with van der Waals surface area (Å²) in [5, 5.41) is 11.1. The molecule has 3 saturated carbocycles. The fourth-order valence-corrected chi connectivity index (χ4v) is 9.28. The third-order valence-corrected chi connectivity index (χ3v) is 11.5. The molecule has 0 aromatic rings. The number of ketones is 4. The van der Waals surface area contributed by atoms with Crippen molar-refractivity contribution in [3.63, 3.8) is 0 Å². The number of ether oxygens (including phenoxy) is 2. The summed E-state index contributed by atoms with van der Waals surface area (Å²) in [6.07, 6.45) is 12.7. The molecule has 2 heterocycles. The molecule has 0 aromatic heterocycles. The van der Waals surface area contributed by atoms with Crippen molar-refractivity contribution in [3.8, 4) is 0 Å². The van der Waals surface area contributed by atoms with E-state index in [1.54, 1.807) is 0 Å². The van der Waals surface area contributed by atoms with E-state index in [9.17, 15) is 33.6 Å². The zero-order valence-electron chi connectivity index (χ0n) is 37.2. The van der Waals surface area contributed by atoms with Crippen molar-refractivity contribution < 1.29 is 169 Å². The van der Waals surface area contributed by atoms with Gasteiger partial charge in [-0.25, -0.2) is 0 Å². The Morgan fingerprint density at radius 1 is 0.576 bits per heavy atom. The number of nitrogens with one attached hydrogen (secondary N) is 4. The molecule has 0 radical (unpaired) electrons. The molecule has 20 heteroatoms. The van der Waals surface area contributed by atoms with E-state index in [-0.39, 0.29) is 176 Å². The molecule has 5 atom stereocenters. The average Bonchev–Trinajstić information content (AvgIpc) is 3.42. The van der Waals surface area contributed by atoms with Crippen LogP contribution in [-0.2, 0) is 169 Å². The maximum atomic E-state index is 12.0. The summed E-state index contributed by atoms with van der Waals surface area (Å²) in [5.74, 6) is 2.98. The van der Waals surface area contributed by atoms with Gasteiger partial charge >= 0.3 is 0 Å².